The maximum atomic E-state index is 13.3. The second kappa shape index (κ2) is 17.2. The Bertz CT molecular complexity index is 3420. The Balaban J connectivity index is 1.13. The number of aryl methyl sites for hydroxylation is 3. The molecule has 0 spiro atoms. The lowest BCUT2D eigenvalue weighted by atomic mass is 10.1. The largest absolute Gasteiger partial charge is 0.379 e. The van der Waals surface area contributed by atoms with Crippen molar-refractivity contribution in [2.24, 2.45) is 20.5 Å². The van der Waals surface area contributed by atoms with Crippen molar-refractivity contribution < 1.29 is 51.1 Å². The molecule has 0 heterocycles. The molecule has 0 aliphatic heterocycles. The van der Waals surface area contributed by atoms with Gasteiger partial charge in [-0.05, 0) is 128 Å². The van der Waals surface area contributed by atoms with Crippen LogP contribution in [0.3, 0.4) is 0 Å². The fraction of sp³-hybridized carbons (Fsp3) is 0.0698. The van der Waals surface area contributed by atoms with Gasteiger partial charge in [-0.2, -0.15) is 49.0 Å². The van der Waals surface area contributed by atoms with Crippen molar-refractivity contribution in [3.05, 3.63) is 156 Å². The Morgan fingerprint density at radius 1 is 0.460 bits per heavy atom. The highest BCUT2D eigenvalue weighted by Crippen LogP contribution is 2.43. The van der Waals surface area contributed by atoms with Gasteiger partial charge >= 0.3 is 20.2 Å². The molecule has 7 rings (SSSR count). The number of hydrogen-bond acceptors (Lipinski definition) is 14. The normalized spacial score (nSPS) is 12.6. The van der Waals surface area contributed by atoms with Crippen LogP contribution >= 0.6 is 0 Å². The molecule has 2 N–H and O–H groups in total. The maximum absolute atomic E-state index is 13.3. The van der Waals surface area contributed by atoms with Crippen molar-refractivity contribution in [1.29, 1.82) is 0 Å². The Morgan fingerprint density at radius 3 is 1.46 bits per heavy atom. The number of fused-ring (bicyclic) bond motifs is 1. The molecule has 0 saturated carbocycles. The van der Waals surface area contributed by atoms with E-state index in [1.165, 1.54) is 30.3 Å². The summed E-state index contributed by atoms with van der Waals surface area (Å²) < 4.78 is 132. The molecular formula is C43H34N4O12S4. The highest BCUT2D eigenvalue weighted by Gasteiger charge is 2.27. The maximum Gasteiger partial charge on any atom is 0.339 e. The third-order valence-electron chi connectivity index (χ3n) is 9.37. The Hall–Kier alpha value is -6.68. The summed E-state index contributed by atoms with van der Waals surface area (Å²) in [5.41, 5.74) is 4.59. The molecule has 0 unspecified atom stereocenters. The van der Waals surface area contributed by atoms with Crippen LogP contribution in [0.2, 0.25) is 0 Å². The smallest absolute Gasteiger partial charge is 0.339 e. The summed E-state index contributed by atoms with van der Waals surface area (Å²) in [5, 5.41) is 16.3. The zero-order chi connectivity index (χ0) is 45.3. The van der Waals surface area contributed by atoms with E-state index in [9.17, 15) is 42.8 Å². The van der Waals surface area contributed by atoms with Gasteiger partial charge in [-0.1, -0.05) is 65.7 Å². The van der Waals surface area contributed by atoms with E-state index in [4.69, 9.17) is 8.37 Å². The van der Waals surface area contributed by atoms with E-state index in [0.29, 0.717) is 23.0 Å². The SMILES string of the molecule is Cc1ccc(S(=O)(=O)Oc2ccc(N=Nc3ccc(-c4ccc(N=Nc5c(OS(=O)(=O)c6ccc(C)cc6)ccc6cc(S(=O)(=O)O)cc(S(=O)(=O)O)c56)cc4)cc3)c(C)c2)cc1. The first-order valence-electron chi connectivity index (χ1n) is 18.4. The van der Waals surface area contributed by atoms with Gasteiger partial charge < -0.3 is 8.37 Å². The molecule has 20 heteroatoms. The van der Waals surface area contributed by atoms with E-state index in [-0.39, 0.29) is 26.6 Å². The third kappa shape index (κ3) is 10.3. The number of rotatable bonds is 13. The van der Waals surface area contributed by atoms with Crippen LogP contribution in [0.1, 0.15) is 16.7 Å². The van der Waals surface area contributed by atoms with Crippen molar-refractivity contribution in [1.82, 2.24) is 0 Å². The molecule has 0 fully saturated rings. The monoisotopic (exact) mass is 926 g/mol. The summed E-state index contributed by atoms with van der Waals surface area (Å²) in [4.78, 5) is -2.07. The van der Waals surface area contributed by atoms with Gasteiger partial charge in [0.25, 0.3) is 20.2 Å². The van der Waals surface area contributed by atoms with E-state index < -0.39 is 67.1 Å². The Kier molecular flexibility index (Phi) is 12.1. The standard InChI is InChI=1S/C43H34N4O12S4/c1-27-4-18-36(19-5-27)62(54,55)58-35-17-22-39(29(3)24-35)46-44-33-13-8-30(9-14-33)31-10-15-34(16-11-31)45-47-43-40(59-63(56,57)37-20-6-28(2)7-21-37)23-12-32-25-38(60(48,49)50)26-41(42(32)43)61(51,52)53/h4-26H,1-3H3,(H,48,49,50)(H,51,52,53). The van der Waals surface area contributed by atoms with Crippen LogP contribution in [0.5, 0.6) is 11.5 Å². The second-order valence-electron chi connectivity index (χ2n) is 14.0. The van der Waals surface area contributed by atoms with Crippen molar-refractivity contribution in [3.8, 4) is 22.6 Å². The quantitative estimate of drug-likeness (QED) is 0.0623. The van der Waals surface area contributed by atoms with Gasteiger partial charge in [-0.15, -0.1) is 5.11 Å². The molecule has 7 aromatic rings. The van der Waals surface area contributed by atoms with Gasteiger partial charge in [0.05, 0.1) is 22.0 Å². The van der Waals surface area contributed by atoms with Gasteiger partial charge in [0.2, 0.25) is 0 Å². The fourth-order valence-corrected chi connectivity index (χ4v) is 9.31. The summed E-state index contributed by atoms with van der Waals surface area (Å²) in [6, 6.07) is 34.0. The Morgan fingerprint density at radius 2 is 0.968 bits per heavy atom. The van der Waals surface area contributed by atoms with Crippen LogP contribution in [0, 0.1) is 20.8 Å². The lowest BCUT2D eigenvalue weighted by Crippen LogP contribution is -2.10. The zero-order valence-corrected chi connectivity index (χ0v) is 36.4. The van der Waals surface area contributed by atoms with E-state index in [1.54, 1.807) is 98.8 Å². The Labute approximate surface area is 363 Å². The lowest BCUT2D eigenvalue weighted by Gasteiger charge is -2.14. The molecule has 0 aromatic heterocycles. The van der Waals surface area contributed by atoms with E-state index in [1.807, 2.05) is 6.92 Å². The molecule has 322 valence electrons. The summed E-state index contributed by atoms with van der Waals surface area (Å²) >= 11 is 0. The van der Waals surface area contributed by atoms with Crippen LogP contribution in [0.4, 0.5) is 22.7 Å². The van der Waals surface area contributed by atoms with Crippen molar-refractivity contribution in [2.75, 3.05) is 0 Å². The molecule has 16 nitrogen and oxygen atoms in total. The molecule has 63 heavy (non-hydrogen) atoms. The highest BCUT2D eigenvalue weighted by molar-refractivity contribution is 7.87. The molecule has 0 aliphatic carbocycles. The van der Waals surface area contributed by atoms with Crippen molar-refractivity contribution in [3.63, 3.8) is 0 Å². The van der Waals surface area contributed by atoms with Crippen molar-refractivity contribution >= 4 is 74.0 Å². The molecule has 0 bridgehead atoms. The molecule has 0 amide bonds. The van der Waals surface area contributed by atoms with Gasteiger partial charge in [0.1, 0.15) is 26.1 Å². The average Bonchev–Trinajstić information content (AvgIpc) is 3.22. The summed E-state index contributed by atoms with van der Waals surface area (Å²) in [6.07, 6.45) is 0. The van der Waals surface area contributed by atoms with Crippen LogP contribution in [-0.4, -0.2) is 42.8 Å². The fourth-order valence-electron chi connectivity index (χ4n) is 6.09. The van der Waals surface area contributed by atoms with Crippen LogP contribution < -0.4 is 8.37 Å². The third-order valence-corrected chi connectivity index (χ3v) is 13.6. The van der Waals surface area contributed by atoms with Crippen LogP contribution in [0.15, 0.2) is 180 Å². The molecule has 0 radical (unpaired) electrons. The van der Waals surface area contributed by atoms with Gasteiger partial charge in [-0.25, -0.2) is 0 Å². The summed E-state index contributed by atoms with van der Waals surface area (Å²) in [7, 11) is -18.8. The number of azo groups is 2. The molecule has 7 aromatic carbocycles. The van der Waals surface area contributed by atoms with Crippen molar-refractivity contribution in [2.45, 2.75) is 40.4 Å². The molecule has 0 atom stereocenters. The van der Waals surface area contributed by atoms with Gasteiger partial charge in [-0.3, -0.25) is 9.11 Å². The predicted molar refractivity (Wildman–Crippen MR) is 233 cm³/mol. The summed E-state index contributed by atoms with van der Waals surface area (Å²) in [5.74, 6) is -0.376. The van der Waals surface area contributed by atoms with Crippen LogP contribution in [-0.2, 0) is 40.5 Å². The first-order chi connectivity index (χ1) is 29.7. The van der Waals surface area contributed by atoms with Crippen LogP contribution in [0.25, 0.3) is 21.9 Å². The lowest BCUT2D eigenvalue weighted by molar-refractivity contribution is 0.480. The van der Waals surface area contributed by atoms with Gasteiger partial charge in [0.15, 0.2) is 5.75 Å². The van der Waals surface area contributed by atoms with E-state index in [2.05, 4.69) is 20.5 Å². The molecule has 0 aliphatic rings. The average molecular weight is 927 g/mol. The first kappa shape index (κ1) is 44.4. The molecule has 0 saturated heterocycles. The van der Waals surface area contributed by atoms with E-state index in [0.717, 1.165) is 40.5 Å². The van der Waals surface area contributed by atoms with E-state index >= 15 is 0 Å². The second-order valence-corrected chi connectivity index (χ2v) is 19.9. The van der Waals surface area contributed by atoms with Gasteiger partial charge in [0, 0.05) is 5.39 Å². The minimum atomic E-state index is -5.23. The first-order valence-corrected chi connectivity index (χ1v) is 24.1. The predicted octanol–water partition coefficient (Wildman–Crippen LogP) is 10.3. The zero-order valence-electron chi connectivity index (χ0n) is 33.2. The number of hydrogen-bond donors (Lipinski definition) is 2. The summed E-state index contributed by atoms with van der Waals surface area (Å²) in [6.45, 7) is 5.35. The number of nitrogens with zero attached hydrogens (tertiary/aromatic N) is 4. The topological polar surface area (TPSA) is 245 Å². The molecular weight excluding hydrogens is 893 g/mol. The highest BCUT2D eigenvalue weighted by atomic mass is 32.2. The number of benzene rings is 7. The minimum absolute atomic E-state index is 0.0361. The minimum Gasteiger partial charge on any atom is -0.379 e.